The summed E-state index contributed by atoms with van der Waals surface area (Å²) in [6.45, 7) is 12.7. The van der Waals surface area contributed by atoms with Crippen LogP contribution in [0, 0.1) is 0 Å². The Morgan fingerprint density at radius 1 is 1.29 bits per heavy atom. The van der Waals surface area contributed by atoms with Gasteiger partial charge < -0.3 is 0 Å². The van der Waals surface area contributed by atoms with E-state index in [0.29, 0.717) is 5.92 Å². The van der Waals surface area contributed by atoms with Gasteiger partial charge in [0.2, 0.25) is 0 Å². The van der Waals surface area contributed by atoms with Crippen LogP contribution in [0.3, 0.4) is 0 Å². The highest BCUT2D eigenvalue weighted by atomic mass is 14.1. The quantitative estimate of drug-likeness (QED) is 0.659. The number of allylic oxidation sites excluding steroid dienone is 1. The van der Waals surface area contributed by atoms with Gasteiger partial charge in [0.15, 0.2) is 0 Å². The average molecular weight is 188 g/mol. The van der Waals surface area contributed by atoms with E-state index in [9.17, 15) is 0 Å². The molecule has 0 aliphatic carbocycles. The van der Waals surface area contributed by atoms with Gasteiger partial charge in [-0.2, -0.15) is 0 Å². The third-order valence-electron chi connectivity index (χ3n) is 2.58. The van der Waals surface area contributed by atoms with Crippen molar-refractivity contribution in [3.05, 3.63) is 41.5 Å². The zero-order valence-corrected chi connectivity index (χ0v) is 9.72. The first-order valence-corrected chi connectivity index (χ1v) is 5.34. The zero-order chi connectivity index (χ0) is 10.7. The van der Waals surface area contributed by atoms with Gasteiger partial charge in [0, 0.05) is 0 Å². The van der Waals surface area contributed by atoms with Crippen molar-refractivity contribution < 1.29 is 0 Å². The van der Waals surface area contributed by atoms with Crippen LogP contribution >= 0.6 is 0 Å². The highest BCUT2D eigenvalue weighted by Crippen LogP contribution is 2.22. The molecule has 0 heteroatoms. The Hall–Kier alpha value is -1.04. The second-order valence-electron chi connectivity index (χ2n) is 4.25. The third kappa shape index (κ3) is 2.47. The molecule has 0 aliphatic rings. The van der Waals surface area contributed by atoms with E-state index in [4.69, 9.17) is 0 Å². The lowest BCUT2D eigenvalue weighted by atomic mass is 9.95. The van der Waals surface area contributed by atoms with Crippen molar-refractivity contribution >= 4 is 5.57 Å². The molecule has 0 saturated carbocycles. The van der Waals surface area contributed by atoms with Crippen molar-refractivity contribution in [1.82, 2.24) is 0 Å². The number of aryl methyl sites for hydroxylation is 1. The Morgan fingerprint density at radius 2 is 1.93 bits per heavy atom. The molecule has 0 N–H and O–H groups in total. The number of hydrogen-bond acceptors (Lipinski definition) is 0. The van der Waals surface area contributed by atoms with Crippen LogP contribution in [0.5, 0.6) is 0 Å². The summed E-state index contributed by atoms with van der Waals surface area (Å²) in [6, 6.07) is 6.80. The minimum atomic E-state index is 0.597. The van der Waals surface area contributed by atoms with E-state index in [0.717, 1.165) is 12.0 Å². The summed E-state index contributed by atoms with van der Waals surface area (Å²) >= 11 is 0. The topological polar surface area (TPSA) is 0 Å². The number of benzene rings is 1. The lowest BCUT2D eigenvalue weighted by Crippen LogP contribution is -1.93. The second kappa shape index (κ2) is 4.45. The predicted octanol–water partition coefficient (Wildman–Crippen LogP) is 4.41. The van der Waals surface area contributed by atoms with Crippen LogP contribution in [0.15, 0.2) is 24.8 Å². The molecule has 0 nitrogen and oxygen atoms in total. The van der Waals surface area contributed by atoms with Gasteiger partial charge in [0.25, 0.3) is 0 Å². The van der Waals surface area contributed by atoms with Gasteiger partial charge in [0.1, 0.15) is 0 Å². The summed E-state index contributed by atoms with van der Waals surface area (Å²) in [5, 5.41) is 0. The Balaban J connectivity index is 3.20. The third-order valence-corrected chi connectivity index (χ3v) is 2.58. The van der Waals surface area contributed by atoms with Crippen LogP contribution in [-0.2, 0) is 6.42 Å². The fraction of sp³-hybridized carbons (Fsp3) is 0.429. The van der Waals surface area contributed by atoms with Crippen LogP contribution < -0.4 is 0 Å². The molecule has 0 spiro atoms. The summed E-state index contributed by atoms with van der Waals surface area (Å²) in [6.07, 6.45) is 1.10. The standard InChI is InChI=1S/C14H20/c1-6-12-7-13(10(2)3)9-14(8-12)11(4)5/h7-9,11H,2,6H2,1,3-5H3. The lowest BCUT2D eigenvalue weighted by molar-refractivity contribution is 0.861. The number of rotatable bonds is 3. The molecule has 0 aliphatic heterocycles. The van der Waals surface area contributed by atoms with Gasteiger partial charge in [-0.1, -0.05) is 51.1 Å². The molecule has 0 bridgehead atoms. The van der Waals surface area contributed by atoms with Crippen molar-refractivity contribution in [2.24, 2.45) is 0 Å². The van der Waals surface area contributed by atoms with Crippen molar-refractivity contribution in [2.75, 3.05) is 0 Å². The van der Waals surface area contributed by atoms with E-state index in [2.05, 4.69) is 52.5 Å². The maximum Gasteiger partial charge on any atom is -0.0219 e. The molecule has 1 aromatic carbocycles. The normalized spacial score (nSPS) is 10.6. The zero-order valence-electron chi connectivity index (χ0n) is 9.72. The molecular formula is C14H20. The molecule has 0 unspecified atom stereocenters. The molecular weight excluding hydrogens is 168 g/mol. The van der Waals surface area contributed by atoms with Gasteiger partial charge in [-0.15, -0.1) is 0 Å². The molecule has 0 atom stereocenters. The first kappa shape index (κ1) is 11.0. The SMILES string of the molecule is C=C(C)c1cc(CC)cc(C(C)C)c1. The molecule has 1 aromatic rings. The molecule has 14 heavy (non-hydrogen) atoms. The summed E-state index contributed by atoms with van der Waals surface area (Å²) in [5.41, 5.74) is 5.27. The maximum absolute atomic E-state index is 4.00. The van der Waals surface area contributed by atoms with Crippen LogP contribution in [0.25, 0.3) is 5.57 Å². The first-order chi connectivity index (χ1) is 6.54. The van der Waals surface area contributed by atoms with Crippen LogP contribution in [0.2, 0.25) is 0 Å². The molecule has 0 saturated heterocycles. The van der Waals surface area contributed by atoms with Crippen molar-refractivity contribution in [3.63, 3.8) is 0 Å². The van der Waals surface area contributed by atoms with Crippen molar-refractivity contribution in [1.29, 1.82) is 0 Å². The summed E-state index contributed by atoms with van der Waals surface area (Å²) in [5.74, 6) is 0.597. The predicted molar refractivity (Wildman–Crippen MR) is 64.6 cm³/mol. The summed E-state index contributed by atoms with van der Waals surface area (Å²) < 4.78 is 0. The Labute approximate surface area is 87.7 Å². The number of hydrogen-bond donors (Lipinski definition) is 0. The highest BCUT2D eigenvalue weighted by Gasteiger charge is 2.03. The Morgan fingerprint density at radius 3 is 2.36 bits per heavy atom. The van der Waals surface area contributed by atoms with Gasteiger partial charge in [-0.05, 0) is 36.0 Å². The molecule has 0 radical (unpaired) electrons. The summed E-state index contributed by atoms with van der Waals surface area (Å²) in [7, 11) is 0. The molecule has 1 rings (SSSR count). The lowest BCUT2D eigenvalue weighted by Gasteiger charge is -2.11. The van der Waals surface area contributed by atoms with Gasteiger partial charge in [-0.25, -0.2) is 0 Å². The van der Waals surface area contributed by atoms with E-state index >= 15 is 0 Å². The Bertz CT molecular complexity index is 332. The van der Waals surface area contributed by atoms with E-state index in [1.54, 1.807) is 0 Å². The highest BCUT2D eigenvalue weighted by molar-refractivity contribution is 5.63. The summed E-state index contributed by atoms with van der Waals surface area (Å²) in [4.78, 5) is 0. The molecule has 0 aromatic heterocycles. The van der Waals surface area contributed by atoms with E-state index in [1.165, 1.54) is 16.7 Å². The molecule has 0 amide bonds. The maximum atomic E-state index is 4.00. The van der Waals surface area contributed by atoms with Crippen LogP contribution in [-0.4, -0.2) is 0 Å². The minimum absolute atomic E-state index is 0.597. The van der Waals surface area contributed by atoms with Gasteiger partial charge in [0.05, 0.1) is 0 Å². The fourth-order valence-corrected chi connectivity index (χ4v) is 1.50. The van der Waals surface area contributed by atoms with Crippen LogP contribution in [0.4, 0.5) is 0 Å². The largest absolute Gasteiger partial charge is 0.0955 e. The van der Waals surface area contributed by atoms with Gasteiger partial charge in [-0.3, -0.25) is 0 Å². The smallest absolute Gasteiger partial charge is 0.0219 e. The second-order valence-corrected chi connectivity index (χ2v) is 4.25. The molecule has 0 heterocycles. The first-order valence-electron chi connectivity index (χ1n) is 5.34. The molecule has 76 valence electrons. The van der Waals surface area contributed by atoms with Crippen LogP contribution in [0.1, 0.15) is 50.3 Å². The van der Waals surface area contributed by atoms with E-state index in [-0.39, 0.29) is 0 Å². The van der Waals surface area contributed by atoms with Gasteiger partial charge >= 0.3 is 0 Å². The molecule has 0 fully saturated rings. The monoisotopic (exact) mass is 188 g/mol. The van der Waals surface area contributed by atoms with Crippen molar-refractivity contribution in [3.8, 4) is 0 Å². The van der Waals surface area contributed by atoms with E-state index in [1.807, 2.05) is 0 Å². The fourth-order valence-electron chi connectivity index (χ4n) is 1.50. The van der Waals surface area contributed by atoms with Crippen molar-refractivity contribution in [2.45, 2.75) is 40.0 Å². The minimum Gasteiger partial charge on any atom is -0.0955 e. The average Bonchev–Trinajstić information content (AvgIpc) is 2.16. The Kier molecular flexibility index (Phi) is 3.51. The van der Waals surface area contributed by atoms with E-state index < -0.39 is 0 Å².